The van der Waals surface area contributed by atoms with Crippen LogP contribution in [-0.4, -0.2) is 135 Å². The van der Waals surface area contributed by atoms with Gasteiger partial charge in [-0.1, -0.05) is 25.1 Å². The van der Waals surface area contributed by atoms with Crippen molar-refractivity contribution in [2.75, 3.05) is 13.2 Å². The molecule has 20 nitrogen and oxygen atoms in total. The van der Waals surface area contributed by atoms with Crippen molar-refractivity contribution in [1.82, 2.24) is 4.98 Å². The molecule has 3 fully saturated rings. The molecule has 2 N–H and O–H groups in total. The summed E-state index contributed by atoms with van der Waals surface area (Å²) in [7, 11) is 0. The lowest BCUT2D eigenvalue weighted by molar-refractivity contribution is -0.386. The van der Waals surface area contributed by atoms with Gasteiger partial charge in [-0.25, -0.2) is 14.4 Å². The van der Waals surface area contributed by atoms with E-state index in [1.54, 1.807) is 6.07 Å². The van der Waals surface area contributed by atoms with Gasteiger partial charge in [0.15, 0.2) is 35.6 Å². The number of carbonyl (C=O) groups excluding carboxylic acids is 8. The third kappa shape index (κ3) is 7.56. The number of carbonyl (C=O) groups is 8. The van der Waals surface area contributed by atoms with Crippen LogP contribution in [0.3, 0.4) is 0 Å². The number of benzene rings is 1. The number of hydrogen-bond acceptors (Lipinski definition) is 20. The van der Waals surface area contributed by atoms with E-state index < -0.39 is 137 Å². The van der Waals surface area contributed by atoms with Crippen LogP contribution < -0.4 is 0 Å². The molecule has 1 aromatic heterocycles. The van der Waals surface area contributed by atoms with E-state index in [2.05, 4.69) is 4.98 Å². The third-order valence-electron chi connectivity index (χ3n) is 12.6. The average molecular weight is 884 g/mol. The standard InChI is InChI=1S/C43H49NO19/c1-20-27-15-16-44-17-28(27)37(51)56-18-39(7)29-30(57-22(3)46)34(59-24(5)48)42(19-55-21(2)45)35(60-25(6)49)31(61-36(50)26-13-11-10-12-14-26)33(62-38(52)40(20,8)53)41(9,54)43(42,63-39)32(29)58-23(4)47/h10-17,20,29-35,53-54H,18-19H2,1-9H3/t20-,29+,30+,31+,32+,33-,34-,35-,39-,40-,41+,42+,43-/m0/s1. The third-order valence-corrected chi connectivity index (χ3v) is 12.6. The first-order chi connectivity index (χ1) is 29.4. The first-order valence-corrected chi connectivity index (χ1v) is 19.9. The maximum atomic E-state index is 14.7. The second-order valence-electron chi connectivity index (χ2n) is 16.8. The quantitative estimate of drug-likeness (QED) is 0.280. The summed E-state index contributed by atoms with van der Waals surface area (Å²) in [5.74, 6) is -12.0. The van der Waals surface area contributed by atoms with Crippen molar-refractivity contribution in [1.29, 1.82) is 0 Å². The highest BCUT2D eigenvalue weighted by Gasteiger charge is 2.92. The van der Waals surface area contributed by atoms with Crippen molar-refractivity contribution in [3.05, 3.63) is 65.5 Å². The van der Waals surface area contributed by atoms with Crippen LogP contribution in [0, 0.1) is 11.3 Å². The van der Waals surface area contributed by atoms with E-state index in [9.17, 15) is 48.6 Å². The molecule has 4 aliphatic rings. The number of esters is 8. The van der Waals surface area contributed by atoms with Gasteiger partial charge in [0, 0.05) is 52.9 Å². The Labute approximate surface area is 360 Å². The van der Waals surface area contributed by atoms with Crippen molar-refractivity contribution in [2.45, 2.75) is 127 Å². The molecule has 1 spiro atoms. The van der Waals surface area contributed by atoms with E-state index in [4.69, 9.17) is 42.6 Å². The molecule has 2 saturated carbocycles. The lowest BCUT2D eigenvalue weighted by atomic mass is 9.45. The molecule has 4 bridgehead atoms. The largest absolute Gasteiger partial charge is 0.465 e. The Morgan fingerprint density at radius 1 is 0.762 bits per heavy atom. The number of ether oxygens (including phenoxy) is 9. The highest BCUT2D eigenvalue weighted by atomic mass is 16.7. The van der Waals surface area contributed by atoms with Gasteiger partial charge in [-0.3, -0.25) is 29.0 Å². The minimum atomic E-state index is -2.99. The van der Waals surface area contributed by atoms with Crippen LogP contribution in [0.1, 0.15) is 94.5 Å². The van der Waals surface area contributed by atoms with Crippen LogP contribution in [0.25, 0.3) is 0 Å². The maximum Gasteiger partial charge on any atom is 0.340 e. The Bertz CT molecular complexity index is 2210. The highest BCUT2D eigenvalue weighted by molar-refractivity contribution is 5.92. The van der Waals surface area contributed by atoms with Crippen LogP contribution in [0.15, 0.2) is 48.8 Å². The van der Waals surface area contributed by atoms with Crippen molar-refractivity contribution >= 4 is 47.8 Å². The van der Waals surface area contributed by atoms with Gasteiger partial charge >= 0.3 is 47.8 Å². The minimum absolute atomic E-state index is 0.0489. The van der Waals surface area contributed by atoms with Gasteiger partial charge in [-0.05, 0) is 44.5 Å². The van der Waals surface area contributed by atoms with Gasteiger partial charge in [0.05, 0.1) is 17.0 Å². The van der Waals surface area contributed by atoms with Gasteiger partial charge in [0.25, 0.3) is 0 Å². The predicted octanol–water partition coefficient (Wildman–Crippen LogP) is 1.44. The number of cyclic esters (lactones) is 1. The number of pyridine rings is 1. The van der Waals surface area contributed by atoms with Gasteiger partial charge < -0.3 is 52.8 Å². The summed E-state index contributed by atoms with van der Waals surface area (Å²) < 4.78 is 55.0. The number of aliphatic hydroxyl groups is 2. The fraction of sp³-hybridized carbons (Fsp3) is 0.558. The van der Waals surface area contributed by atoms with Gasteiger partial charge in [0.1, 0.15) is 42.0 Å². The van der Waals surface area contributed by atoms with E-state index in [-0.39, 0.29) is 16.7 Å². The van der Waals surface area contributed by atoms with Gasteiger partial charge in [-0.2, -0.15) is 0 Å². The van der Waals surface area contributed by atoms with E-state index in [1.807, 2.05) is 0 Å². The molecule has 3 heterocycles. The molecule has 0 unspecified atom stereocenters. The molecular weight excluding hydrogens is 834 g/mol. The van der Waals surface area contributed by atoms with E-state index in [0.717, 1.165) is 54.7 Å². The van der Waals surface area contributed by atoms with Crippen molar-refractivity contribution in [3.63, 3.8) is 0 Å². The fourth-order valence-corrected chi connectivity index (χ4v) is 9.87. The summed E-state index contributed by atoms with van der Waals surface area (Å²) in [5.41, 5.74) is -13.6. The highest BCUT2D eigenvalue weighted by Crippen LogP contribution is 2.70. The Morgan fingerprint density at radius 2 is 1.33 bits per heavy atom. The van der Waals surface area contributed by atoms with E-state index in [0.29, 0.717) is 0 Å². The first-order valence-electron chi connectivity index (χ1n) is 19.9. The molecule has 0 amide bonds. The van der Waals surface area contributed by atoms with Crippen molar-refractivity contribution in [2.24, 2.45) is 11.3 Å². The molecule has 13 atom stereocenters. The first kappa shape index (κ1) is 46.5. The van der Waals surface area contributed by atoms with Gasteiger partial charge in [-0.15, -0.1) is 0 Å². The molecule has 0 radical (unpaired) electrons. The summed E-state index contributed by atoms with van der Waals surface area (Å²) in [5, 5.41) is 25.8. The summed E-state index contributed by atoms with van der Waals surface area (Å²) in [6, 6.07) is 8.64. The predicted molar refractivity (Wildman–Crippen MR) is 207 cm³/mol. The lowest BCUT2D eigenvalue weighted by Gasteiger charge is -2.67. The van der Waals surface area contributed by atoms with Crippen LogP contribution in [-0.2, 0) is 71.4 Å². The molecular formula is C43H49NO19. The molecule has 1 aromatic carbocycles. The lowest BCUT2D eigenvalue weighted by Crippen LogP contribution is -2.89. The molecule has 2 aliphatic heterocycles. The maximum absolute atomic E-state index is 14.7. The smallest absolute Gasteiger partial charge is 0.340 e. The van der Waals surface area contributed by atoms with E-state index >= 15 is 0 Å². The Hall–Kier alpha value is -5.99. The molecule has 63 heavy (non-hydrogen) atoms. The minimum Gasteiger partial charge on any atom is -0.465 e. The second-order valence-corrected chi connectivity index (χ2v) is 16.8. The van der Waals surface area contributed by atoms with Crippen molar-refractivity contribution in [3.8, 4) is 0 Å². The van der Waals surface area contributed by atoms with Crippen LogP contribution in [0.2, 0.25) is 0 Å². The zero-order valence-electron chi connectivity index (χ0n) is 35.9. The summed E-state index contributed by atoms with van der Waals surface area (Å²) >= 11 is 0. The zero-order chi connectivity index (χ0) is 46.6. The summed E-state index contributed by atoms with van der Waals surface area (Å²) in [4.78, 5) is 114. The number of nitrogens with zero attached hydrogens (tertiary/aromatic N) is 1. The number of rotatable bonds is 8. The fourth-order valence-electron chi connectivity index (χ4n) is 9.87. The molecule has 340 valence electrons. The molecule has 20 heteroatoms. The molecule has 6 rings (SSSR count). The Balaban J connectivity index is 1.81. The Kier molecular flexibility index (Phi) is 12.3. The summed E-state index contributed by atoms with van der Waals surface area (Å²) in [6.45, 7) is 7.70. The Morgan fingerprint density at radius 3 is 1.90 bits per heavy atom. The zero-order valence-corrected chi connectivity index (χ0v) is 35.9. The van der Waals surface area contributed by atoms with Gasteiger partial charge in [0.2, 0.25) is 0 Å². The topological polar surface area (TPSA) is 273 Å². The SMILES string of the molecule is CC(=O)OC[C@]12[C@@H](OC(C)=O)[C@H](OC(C)=O)[C@@H]3[C@@H](OC(C)=O)[C@@]14O[C@@]3(C)COC(=O)c1cnccc1[C@H](C)[C@](C)(O)C(=O)O[C@@H]([C@@H](OC(=O)c1ccccc1)[C@@H]2OC(C)=O)[C@@]4(C)O. The average Bonchev–Trinajstić information content (AvgIpc) is 3.42. The second kappa shape index (κ2) is 16.6. The molecule has 2 aliphatic carbocycles. The normalized spacial score (nSPS) is 36.8. The number of aromatic nitrogens is 1. The molecule has 1 saturated heterocycles. The van der Waals surface area contributed by atoms with Crippen LogP contribution in [0.4, 0.5) is 0 Å². The number of fused-ring (bicyclic) bond motifs is 5. The number of hydrogen-bond donors (Lipinski definition) is 2. The summed E-state index contributed by atoms with van der Waals surface area (Å²) in [6.07, 6.45) is -10.4. The van der Waals surface area contributed by atoms with Crippen LogP contribution in [0.5, 0.6) is 0 Å². The molecule has 2 aromatic rings. The monoisotopic (exact) mass is 883 g/mol. The van der Waals surface area contributed by atoms with E-state index in [1.165, 1.54) is 50.4 Å². The van der Waals surface area contributed by atoms with Crippen LogP contribution >= 0.6 is 0 Å². The van der Waals surface area contributed by atoms with Crippen molar-refractivity contribution < 1.29 is 91.2 Å².